The van der Waals surface area contributed by atoms with Crippen LogP contribution in [0.4, 0.5) is 0 Å². The zero-order valence-corrected chi connectivity index (χ0v) is 9.21. The summed E-state index contributed by atoms with van der Waals surface area (Å²) in [5.74, 6) is 0.605. The van der Waals surface area contributed by atoms with E-state index in [1.807, 2.05) is 0 Å². The second-order valence-corrected chi connectivity index (χ2v) is 4.98. The van der Waals surface area contributed by atoms with Crippen LogP contribution >= 0.6 is 0 Å². The molecule has 0 aromatic rings. The van der Waals surface area contributed by atoms with Crippen LogP contribution in [0.25, 0.3) is 0 Å². The SMILES string of the molecule is CC(C)CC1(O)CCCN(C)CC1. The number of aliphatic hydroxyl groups is 1. The Bertz CT molecular complexity index is 158. The van der Waals surface area contributed by atoms with Crippen LogP contribution in [-0.4, -0.2) is 35.7 Å². The summed E-state index contributed by atoms with van der Waals surface area (Å²) >= 11 is 0. The topological polar surface area (TPSA) is 23.5 Å². The highest BCUT2D eigenvalue weighted by atomic mass is 16.3. The molecule has 2 nitrogen and oxygen atoms in total. The Morgan fingerprint density at radius 2 is 2.00 bits per heavy atom. The van der Waals surface area contributed by atoms with Crippen molar-refractivity contribution in [3.63, 3.8) is 0 Å². The van der Waals surface area contributed by atoms with Crippen molar-refractivity contribution in [3.05, 3.63) is 0 Å². The molecule has 78 valence electrons. The Morgan fingerprint density at radius 3 is 2.62 bits per heavy atom. The maximum Gasteiger partial charge on any atom is 0.0662 e. The molecule has 1 unspecified atom stereocenters. The quantitative estimate of drug-likeness (QED) is 0.710. The van der Waals surface area contributed by atoms with Gasteiger partial charge in [-0.1, -0.05) is 13.8 Å². The largest absolute Gasteiger partial charge is 0.390 e. The minimum Gasteiger partial charge on any atom is -0.390 e. The van der Waals surface area contributed by atoms with Gasteiger partial charge in [-0.2, -0.15) is 0 Å². The first-order chi connectivity index (χ1) is 6.02. The van der Waals surface area contributed by atoms with Crippen molar-refractivity contribution >= 4 is 0 Å². The fourth-order valence-electron chi connectivity index (χ4n) is 2.28. The summed E-state index contributed by atoms with van der Waals surface area (Å²) in [6, 6.07) is 0. The summed E-state index contributed by atoms with van der Waals surface area (Å²) in [7, 11) is 2.14. The fraction of sp³-hybridized carbons (Fsp3) is 1.00. The van der Waals surface area contributed by atoms with Crippen molar-refractivity contribution in [1.82, 2.24) is 4.90 Å². The maximum absolute atomic E-state index is 10.3. The van der Waals surface area contributed by atoms with Gasteiger partial charge in [0.05, 0.1) is 5.60 Å². The van der Waals surface area contributed by atoms with Crippen LogP contribution in [0.2, 0.25) is 0 Å². The van der Waals surface area contributed by atoms with E-state index in [-0.39, 0.29) is 5.60 Å². The second-order valence-electron chi connectivity index (χ2n) is 4.98. The van der Waals surface area contributed by atoms with Crippen molar-refractivity contribution in [3.8, 4) is 0 Å². The van der Waals surface area contributed by atoms with Gasteiger partial charge in [-0.05, 0) is 45.2 Å². The number of nitrogens with zero attached hydrogens (tertiary/aromatic N) is 1. The highest BCUT2D eigenvalue weighted by Gasteiger charge is 2.29. The lowest BCUT2D eigenvalue weighted by Gasteiger charge is -2.28. The average molecular weight is 185 g/mol. The first-order valence-electron chi connectivity index (χ1n) is 5.43. The molecule has 0 aliphatic carbocycles. The maximum atomic E-state index is 10.3. The van der Waals surface area contributed by atoms with Crippen LogP contribution in [0.5, 0.6) is 0 Å². The van der Waals surface area contributed by atoms with E-state index >= 15 is 0 Å². The molecule has 1 rings (SSSR count). The number of hydrogen-bond donors (Lipinski definition) is 1. The van der Waals surface area contributed by atoms with Crippen molar-refractivity contribution in [2.24, 2.45) is 5.92 Å². The summed E-state index contributed by atoms with van der Waals surface area (Å²) in [6.45, 7) is 6.56. The van der Waals surface area contributed by atoms with Gasteiger partial charge in [-0.15, -0.1) is 0 Å². The van der Waals surface area contributed by atoms with E-state index in [1.165, 1.54) is 0 Å². The molecule has 1 aliphatic rings. The van der Waals surface area contributed by atoms with Crippen LogP contribution < -0.4 is 0 Å². The molecule has 1 saturated heterocycles. The van der Waals surface area contributed by atoms with Crippen LogP contribution in [0.3, 0.4) is 0 Å². The molecule has 2 heteroatoms. The Balaban J connectivity index is 2.47. The van der Waals surface area contributed by atoms with Crippen LogP contribution in [0, 0.1) is 5.92 Å². The number of likely N-dealkylation sites (tertiary alicyclic amines) is 1. The Morgan fingerprint density at radius 1 is 1.31 bits per heavy atom. The molecule has 13 heavy (non-hydrogen) atoms. The summed E-state index contributed by atoms with van der Waals surface area (Å²) in [5.41, 5.74) is -0.376. The first kappa shape index (κ1) is 11.0. The van der Waals surface area contributed by atoms with E-state index < -0.39 is 0 Å². The zero-order valence-electron chi connectivity index (χ0n) is 9.21. The molecule has 0 spiro atoms. The van der Waals surface area contributed by atoms with Gasteiger partial charge in [0.1, 0.15) is 0 Å². The fourth-order valence-corrected chi connectivity index (χ4v) is 2.28. The van der Waals surface area contributed by atoms with Gasteiger partial charge in [-0.25, -0.2) is 0 Å². The molecule has 1 N–H and O–H groups in total. The molecule has 0 aromatic carbocycles. The van der Waals surface area contributed by atoms with Gasteiger partial charge in [-0.3, -0.25) is 0 Å². The molecule has 1 aliphatic heterocycles. The predicted octanol–water partition coefficient (Wildman–Crippen LogP) is 1.88. The molecule has 0 amide bonds. The third-order valence-electron chi connectivity index (χ3n) is 2.93. The average Bonchev–Trinajstić information content (AvgIpc) is 2.12. The summed E-state index contributed by atoms with van der Waals surface area (Å²) in [5, 5.41) is 10.3. The third-order valence-corrected chi connectivity index (χ3v) is 2.93. The van der Waals surface area contributed by atoms with E-state index in [0.717, 1.165) is 38.8 Å². The molecule has 1 heterocycles. The Labute approximate surface area is 81.9 Å². The first-order valence-corrected chi connectivity index (χ1v) is 5.43. The zero-order chi connectivity index (χ0) is 9.90. The lowest BCUT2D eigenvalue weighted by Crippen LogP contribution is -2.31. The van der Waals surface area contributed by atoms with E-state index in [9.17, 15) is 5.11 Å². The molecule has 0 saturated carbocycles. The highest BCUT2D eigenvalue weighted by molar-refractivity contribution is 4.83. The molecule has 1 atom stereocenters. The van der Waals surface area contributed by atoms with Gasteiger partial charge in [0.15, 0.2) is 0 Å². The van der Waals surface area contributed by atoms with Gasteiger partial charge < -0.3 is 10.0 Å². The van der Waals surface area contributed by atoms with Crippen LogP contribution in [0.15, 0.2) is 0 Å². The Hall–Kier alpha value is -0.0800. The standard InChI is InChI=1S/C11H23NO/c1-10(2)9-11(13)5-4-7-12(3)8-6-11/h10,13H,4-9H2,1-3H3. The van der Waals surface area contributed by atoms with Crippen molar-refractivity contribution in [1.29, 1.82) is 0 Å². The third kappa shape index (κ3) is 3.65. The van der Waals surface area contributed by atoms with Crippen molar-refractivity contribution in [2.45, 2.75) is 45.1 Å². The molecule has 0 bridgehead atoms. The number of rotatable bonds is 2. The van der Waals surface area contributed by atoms with Crippen LogP contribution in [-0.2, 0) is 0 Å². The minimum absolute atomic E-state index is 0.376. The van der Waals surface area contributed by atoms with Crippen LogP contribution in [0.1, 0.15) is 39.5 Å². The van der Waals surface area contributed by atoms with E-state index in [2.05, 4.69) is 25.8 Å². The molecule has 1 fully saturated rings. The lowest BCUT2D eigenvalue weighted by atomic mass is 9.86. The normalized spacial score (nSPS) is 32.1. The van der Waals surface area contributed by atoms with Crippen molar-refractivity contribution < 1.29 is 5.11 Å². The van der Waals surface area contributed by atoms with Gasteiger partial charge >= 0.3 is 0 Å². The van der Waals surface area contributed by atoms with E-state index in [4.69, 9.17) is 0 Å². The van der Waals surface area contributed by atoms with E-state index in [1.54, 1.807) is 0 Å². The van der Waals surface area contributed by atoms with E-state index in [0.29, 0.717) is 5.92 Å². The summed E-state index contributed by atoms with van der Waals surface area (Å²) in [6.07, 6.45) is 4.03. The van der Waals surface area contributed by atoms with Gasteiger partial charge in [0.2, 0.25) is 0 Å². The minimum atomic E-state index is -0.376. The summed E-state index contributed by atoms with van der Waals surface area (Å²) in [4.78, 5) is 2.32. The van der Waals surface area contributed by atoms with Gasteiger partial charge in [0.25, 0.3) is 0 Å². The molecular formula is C11H23NO. The molecule has 0 aromatic heterocycles. The smallest absolute Gasteiger partial charge is 0.0662 e. The predicted molar refractivity (Wildman–Crippen MR) is 55.8 cm³/mol. The molecule has 0 radical (unpaired) electrons. The second kappa shape index (κ2) is 4.43. The van der Waals surface area contributed by atoms with Gasteiger partial charge in [0, 0.05) is 6.54 Å². The van der Waals surface area contributed by atoms with Crippen molar-refractivity contribution in [2.75, 3.05) is 20.1 Å². The lowest BCUT2D eigenvalue weighted by molar-refractivity contribution is 0.00637. The molecular weight excluding hydrogens is 162 g/mol. The highest BCUT2D eigenvalue weighted by Crippen LogP contribution is 2.28. The number of hydrogen-bond acceptors (Lipinski definition) is 2. The monoisotopic (exact) mass is 185 g/mol. The Kier molecular flexibility index (Phi) is 3.74. The summed E-state index contributed by atoms with van der Waals surface area (Å²) < 4.78 is 0.